The van der Waals surface area contributed by atoms with Crippen molar-refractivity contribution in [3.8, 4) is 0 Å². The van der Waals surface area contributed by atoms with Gasteiger partial charge in [-0.3, -0.25) is 4.79 Å². The number of carbonyl (C=O) groups excluding carboxylic acids is 1. The number of aliphatic hydroxyl groups is 1. The standard InChI is InChI=1S/C7H15N2O2/c1-6(10)8-7(11)4-5-9(2)3/h6,10H,1,4-5H2,2-3H3,(H,8,11). The van der Waals surface area contributed by atoms with Crippen molar-refractivity contribution in [1.29, 1.82) is 0 Å². The van der Waals surface area contributed by atoms with Gasteiger partial charge in [0.05, 0.1) is 0 Å². The summed E-state index contributed by atoms with van der Waals surface area (Å²) in [7, 11) is 3.77. The van der Waals surface area contributed by atoms with Crippen LogP contribution in [0.1, 0.15) is 6.42 Å². The molecule has 0 bridgehead atoms. The third-order valence-corrected chi connectivity index (χ3v) is 1.11. The van der Waals surface area contributed by atoms with Gasteiger partial charge in [-0.15, -0.1) is 0 Å². The van der Waals surface area contributed by atoms with Crippen molar-refractivity contribution in [2.45, 2.75) is 12.6 Å². The SMILES string of the molecule is [CH2]C(O)NC(=O)CCN(C)C. The van der Waals surface area contributed by atoms with Crippen LogP contribution in [-0.4, -0.2) is 42.8 Å². The topological polar surface area (TPSA) is 52.6 Å². The Hall–Kier alpha value is -0.610. The summed E-state index contributed by atoms with van der Waals surface area (Å²) in [5, 5.41) is 10.9. The van der Waals surface area contributed by atoms with Crippen molar-refractivity contribution in [1.82, 2.24) is 10.2 Å². The highest BCUT2D eigenvalue weighted by atomic mass is 16.3. The Labute approximate surface area is 67.2 Å². The summed E-state index contributed by atoms with van der Waals surface area (Å²) in [5.41, 5.74) is 0. The molecular formula is C7H15N2O2. The molecule has 0 aromatic rings. The molecule has 4 heteroatoms. The highest BCUT2D eigenvalue weighted by molar-refractivity contribution is 5.76. The number of hydrogen-bond acceptors (Lipinski definition) is 3. The Kier molecular flexibility index (Phi) is 4.81. The first-order valence-electron chi connectivity index (χ1n) is 3.47. The molecule has 0 aromatic carbocycles. The molecule has 0 fully saturated rings. The van der Waals surface area contributed by atoms with Gasteiger partial charge in [-0.05, 0) is 21.0 Å². The Morgan fingerprint density at radius 1 is 1.73 bits per heavy atom. The normalized spacial score (nSPS) is 13.2. The Bertz CT molecular complexity index is 124. The molecule has 0 aromatic heterocycles. The predicted molar refractivity (Wildman–Crippen MR) is 42.7 cm³/mol. The second kappa shape index (κ2) is 5.09. The van der Waals surface area contributed by atoms with Gasteiger partial charge in [0.2, 0.25) is 5.91 Å². The third kappa shape index (κ3) is 7.29. The van der Waals surface area contributed by atoms with Gasteiger partial charge in [-0.2, -0.15) is 0 Å². The van der Waals surface area contributed by atoms with Crippen molar-refractivity contribution >= 4 is 5.91 Å². The third-order valence-electron chi connectivity index (χ3n) is 1.11. The minimum atomic E-state index is -0.996. The van der Waals surface area contributed by atoms with E-state index in [9.17, 15) is 4.79 Å². The summed E-state index contributed by atoms with van der Waals surface area (Å²) in [4.78, 5) is 12.7. The average Bonchev–Trinajstić information content (AvgIpc) is 1.82. The number of nitrogens with one attached hydrogen (secondary N) is 1. The van der Waals surface area contributed by atoms with E-state index < -0.39 is 6.23 Å². The highest BCUT2D eigenvalue weighted by Crippen LogP contribution is 1.84. The van der Waals surface area contributed by atoms with Crippen LogP contribution in [0.15, 0.2) is 0 Å². The zero-order chi connectivity index (χ0) is 8.85. The Morgan fingerprint density at radius 3 is 2.64 bits per heavy atom. The first-order valence-corrected chi connectivity index (χ1v) is 3.47. The van der Waals surface area contributed by atoms with Gasteiger partial charge in [-0.25, -0.2) is 0 Å². The van der Waals surface area contributed by atoms with Crippen LogP contribution in [-0.2, 0) is 4.79 Å². The second-order valence-corrected chi connectivity index (χ2v) is 2.64. The first-order chi connectivity index (χ1) is 5.02. The lowest BCUT2D eigenvalue weighted by Gasteiger charge is -2.10. The molecule has 1 amide bonds. The fraction of sp³-hybridized carbons (Fsp3) is 0.714. The summed E-state index contributed by atoms with van der Waals surface area (Å²) in [6.45, 7) is 3.89. The summed E-state index contributed by atoms with van der Waals surface area (Å²) >= 11 is 0. The quantitative estimate of drug-likeness (QED) is 0.528. The van der Waals surface area contributed by atoms with Crippen LogP contribution in [0.25, 0.3) is 0 Å². The Balaban J connectivity index is 3.38. The molecule has 11 heavy (non-hydrogen) atoms. The van der Waals surface area contributed by atoms with Crippen LogP contribution >= 0.6 is 0 Å². The van der Waals surface area contributed by atoms with E-state index >= 15 is 0 Å². The van der Waals surface area contributed by atoms with Crippen molar-refractivity contribution in [2.24, 2.45) is 0 Å². The molecule has 65 valence electrons. The molecule has 0 spiro atoms. The lowest BCUT2D eigenvalue weighted by Crippen LogP contribution is -2.34. The number of carbonyl (C=O) groups is 1. The van der Waals surface area contributed by atoms with Crippen LogP contribution < -0.4 is 5.32 Å². The van der Waals surface area contributed by atoms with E-state index in [0.717, 1.165) is 0 Å². The van der Waals surface area contributed by atoms with Crippen LogP contribution in [0.4, 0.5) is 0 Å². The second-order valence-electron chi connectivity index (χ2n) is 2.64. The van der Waals surface area contributed by atoms with E-state index in [-0.39, 0.29) is 5.91 Å². The largest absolute Gasteiger partial charge is 0.374 e. The maximum atomic E-state index is 10.8. The van der Waals surface area contributed by atoms with Gasteiger partial charge in [0.15, 0.2) is 0 Å². The molecular weight excluding hydrogens is 144 g/mol. The molecule has 0 aliphatic heterocycles. The highest BCUT2D eigenvalue weighted by Gasteiger charge is 2.03. The zero-order valence-electron chi connectivity index (χ0n) is 7.00. The minimum Gasteiger partial charge on any atom is -0.374 e. The van der Waals surface area contributed by atoms with Gasteiger partial charge in [-0.1, -0.05) is 0 Å². The summed E-state index contributed by atoms with van der Waals surface area (Å²) < 4.78 is 0. The maximum absolute atomic E-state index is 10.8. The van der Waals surface area contributed by atoms with Gasteiger partial charge < -0.3 is 15.3 Å². The molecule has 2 N–H and O–H groups in total. The average molecular weight is 159 g/mol. The molecule has 0 rings (SSSR count). The summed E-state index contributed by atoms with van der Waals surface area (Å²) in [5.74, 6) is -0.179. The molecule has 0 saturated heterocycles. The van der Waals surface area contributed by atoms with E-state index in [1.165, 1.54) is 0 Å². The van der Waals surface area contributed by atoms with Gasteiger partial charge in [0.25, 0.3) is 0 Å². The van der Waals surface area contributed by atoms with Crippen LogP contribution in [0.2, 0.25) is 0 Å². The van der Waals surface area contributed by atoms with Gasteiger partial charge in [0.1, 0.15) is 6.23 Å². The summed E-state index contributed by atoms with van der Waals surface area (Å²) in [6.07, 6.45) is -0.607. The number of nitrogens with zero attached hydrogens (tertiary/aromatic N) is 1. The van der Waals surface area contributed by atoms with E-state index in [2.05, 4.69) is 12.2 Å². The number of rotatable bonds is 4. The first kappa shape index (κ1) is 10.4. The summed E-state index contributed by atoms with van der Waals surface area (Å²) in [6, 6.07) is 0. The van der Waals surface area contributed by atoms with Crippen molar-refractivity contribution in [3.05, 3.63) is 6.92 Å². The van der Waals surface area contributed by atoms with Crippen molar-refractivity contribution in [3.63, 3.8) is 0 Å². The van der Waals surface area contributed by atoms with E-state index in [1.807, 2.05) is 19.0 Å². The lowest BCUT2D eigenvalue weighted by atomic mass is 10.4. The molecule has 0 saturated carbocycles. The van der Waals surface area contributed by atoms with Crippen molar-refractivity contribution < 1.29 is 9.90 Å². The van der Waals surface area contributed by atoms with E-state index in [1.54, 1.807) is 0 Å². The fourth-order valence-electron chi connectivity index (χ4n) is 0.583. The van der Waals surface area contributed by atoms with E-state index in [4.69, 9.17) is 5.11 Å². The molecule has 4 nitrogen and oxygen atoms in total. The molecule has 0 aliphatic rings. The molecule has 1 atom stereocenters. The van der Waals surface area contributed by atoms with Crippen LogP contribution in [0.3, 0.4) is 0 Å². The molecule has 1 radical (unpaired) electrons. The molecule has 0 aliphatic carbocycles. The number of hydrogen-bond donors (Lipinski definition) is 2. The zero-order valence-corrected chi connectivity index (χ0v) is 7.00. The Morgan fingerprint density at radius 2 is 2.27 bits per heavy atom. The number of aliphatic hydroxyl groups excluding tert-OH is 1. The minimum absolute atomic E-state index is 0.179. The fourth-order valence-corrected chi connectivity index (χ4v) is 0.583. The van der Waals surface area contributed by atoms with Gasteiger partial charge >= 0.3 is 0 Å². The lowest BCUT2D eigenvalue weighted by molar-refractivity contribution is -0.123. The number of amides is 1. The molecule has 1 unspecified atom stereocenters. The van der Waals surface area contributed by atoms with Crippen LogP contribution in [0.5, 0.6) is 0 Å². The van der Waals surface area contributed by atoms with Gasteiger partial charge in [0, 0.05) is 13.0 Å². The van der Waals surface area contributed by atoms with Crippen LogP contribution in [0, 0.1) is 6.92 Å². The van der Waals surface area contributed by atoms with Crippen molar-refractivity contribution in [2.75, 3.05) is 20.6 Å². The molecule has 0 heterocycles. The monoisotopic (exact) mass is 159 g/mol. The van der Waals surface area contributed by atoms with E-state index in [0.29, 0.717) is 13.0 Å². The maximum Gasteiger partial charge on any atom is 0.223 e. The predicted octanol–water partition coefficient (Wildman–Crippen LogP) is -0.793. The smallest absolute Gasteiger partial charge is 0.223 e.